The largest absolute Gasteiger partial charge is 0.509 e. The number of non-ortho nitro benzene ring substituents is 2. The van der Waals surface area contributed by atoms with Gasteiger partial charge in [-0.3, -0.25) is 20.2 Å². The van der Waals surface area contributed by atoms with E-state index >= 15 is 0 Å². The lowest BCUT2D eigenvalue weighted by Gasteiger charge is -2.32. The fourth-order valence-corrected chi connectivity index (χ4v) is 11.6. The summed E-state index contributed by atoms with van der Waals surface area (Å²) < 4.78 is 61.1. The molecule has 334 valence electrons. The van der Waals surface area contributed by atoms with E-state index in [1.54, 1.807) is 58.3 Å². The maximum Gasteiger partial charge on any atom is 0.509 e. The molecule has 0 radical (unpaired) electrons. The molecule has 6 aromatic rings. The monoisotopic (exact) mass is 1010 g/mol. The Bertz CT molecular complexity index is 2680. The lowest BCUT2D eigenvalue weighted by atomic mass is 9.87. The van der Waals surface area contributed by atoms with Crippen molar-refractivity contribution in [2.75, 3.05) is 52.9 Å². The zero-order valence-electron chi connectivity index (χ0n) is 34.6. The number of hydrogen-bond donors (Lipinski definition) is 0. The summed E-state index contributed by atoms with van der Waals surface area (Å²) in [5, 5.41) is 24.9. The molecule has 1 fully saturated rings. The number of nitro groups is 2. The third-order valence-corrected chi connectivity index (χ3v) is 15.8. The molecule has 11 rings (SSSR count). The topological polar surface area (TPSA) is 179 Å². The Morgan fingerprint density at radius 1 is 0.516 bits per heavy atom. The van der Waals surface area contributed by atoms with Crippen molar-refractivity contribution in [3.05, 3.63) is 84.0 Å². The standard InChI is InChI=1S/C18H21BO6S2.C18H13NO6S2.C6H4BrNO2/c1-17(2)18(3,4)25-19(24-17)16-13-12(22-7-8-23-13)15(27-16)14-11-10(9-26-14)20-5-6-21-11;20-19(21)11-3-1-10(2-4-11)16-14-15(25-8-7-24-14)18(27-16)17-13-12(9-26-17)22-5-6-23-13;7-5-1-3-6(4-2-5)8(9)10/h9H,5-8H2,1-4H3;1-4,9H,5-8H2;1-4H. The summed E-state index contributed by atoms with van der Waals surface area (Å²) in [6, 6.07) is 12.6. The molecular formula is C42H38BBrN2O14S4. The van der Waals surface area contributed by atoms with Crippen molar-refractivity contribution in [3.8, 4) is 75.9 Å². The van der Waals surface area contributed by atoms with Crippen molar-refractivity contribution in [1.82, 2.24) is 0 Å². The van der Waals surface area contributed by atoms with Gasteiger partial charge in [-0.1, -0.05) is 15.9 Å². The van der Waals surface area contributed by atoms with E-state index < -0.39 is 28.2 Å². The van der Waals surface area contributed by atoms with Gasteiger partial charge >= 0.3 is 7.12 Å². The number of halogens is 1. The highest BCUT2D eigenvalue weighted by molar-refractivity contribution is 9.10. The Balaban J connectivity index is 0.000000134. The van der Waals surface area contributed by atoms with Gasteiger partial charge in [-0.05, 0) is 57.5 Å². The molecule has 0 aliphatic carbocycles. The molecule has 0 saturated carbocycles. The van der Waals surface area contributed by atoms with Crippen LogP contribution in [0.3, 0.4) is 0 Å². The number of thiophene rings is 4. The maximum absolute atomic E-state index is 10.9. The summed E-state index contributed by atoms with van der Waals surface area (Å²) in [7, 11) is -0.489. The van der Waals surface area contributed by atoms with Crippen LogP contribution < -0.4 is 42.7 Å². The van der Waals surface area contributed by atoms with Crippen molar-refractivity contribution in [1.29, 1.82) is 0 Å². The van der Waals surface area contributed by atoms with Crippen LogP contribution in [0.4, 0.5) is 11.4 Å². The minimum absolute atomic E-state index is 0.0550. The van der Waals surface area contributed by atoms with Crippen LogP contribution in [0.2, 0.25) is 0 Å². The SMILES string of the molecule is CC1(C)OB(c2sc(-c3scc4c3OCCO4)c3c2OCCO3)OC1(C)C.O=[N+]([O-])c1ccc(-c2sc(-c3scc4c3OCCO4)c3c2OCCO3)cc1.O=[N+]([O-])c1ccc(Br)cc1. The average molecular weight is 1010 g/mol. The summed E-state index contributed by atoms with van der Waals surface area (Å²) >= 11 is 9.41. The molecule has 5 aliphatic heterocycles. The van der Waals surface area contributed by atoms with Crippen LogP contribution in [0.5, 0.6) is 46.0 Å². The third-order valence-electron chi connectivity index (χ3n) is 10.7. The predicted octanol–water partition coefficient (Wildman–Crippen LogP) is 10.3. The molecule has 16 nitrogen and oxygen atoms in total. The smallest absolute Gasteiger partial charge is 0.486 e. The van der Waals surface area contributed by atoms with Crippen molar-refractivity contribution in [2.24, 2.45) is 0 Å². The normalized spacial score (nSPS) is 17.0. The Morgan fingerprint density at radius 3 is 1.39 bits per heavy atom. The summed E-state index contributed by atoms with van der Waals surface area (Å²) in [6.07, 6.45) is 0. The van der Waals surface area contributed by atoms with Crippen molar-refractivity contribution >= 4 is 84.5 Å². The van der Waals surface area contributed by atoms with Crippen LogP contribution >= 0.6 is 61.3 Å². The summed E-state index contributed by atoms with van der Waals surface area (Å²) in [5.41, 5.74) is 0.191. The van der Waals surface area contributed by atoms with Gasteiger partial charge in [0.25, 0.3) is 11.4 Å². The molecule has 0 unspecified atom stereocenters. The Hall–Kier alpha value is -5.10. The van der Waals surface area contributed by atoms with Crippen molar-refractivity contribution in [3.63, 3.8) is 0 Å². The second-order valence-corrected chi connectivity index (χ2v) is 20.0. The first-order chi connectivity index (χ1) is 30.8. The molecule has 4 aromatic heterocycles. The zero-order chi connectivity index (χ0) is 44.8. The molecule has 0 amide bonds. The van der Waals surface area contributed by atoms with E-state index in [1.807, 2.05) is 38.5 Å². The highest BCUT2D eigenvalue weighted by Crippen LogP contribution is 2.59. The predicted molar refractivity (Wildman–Crippen MR) is 248 cm³/mol. The summed E-state index contributed by atoms with van der Waals surface area (Å²) in [5.74, 6) is 5.89. The second kappa shape index (κ2) is 18.1. The molecule has 9 heterocycles. The quantitative estimate of drug-likeness (QED) is 0.0874. The van der Waals surface area contributed by atoms with E-state index in [9.17, 15) is 20.2 Å². The number of rotatable bonds is 6. The van der Waals surface area contributed by atoms with Gasteiger partial charge in [-0.15, -0.1) is 45.3 Å². The first-order valence-corrected chi connectivity index (χ1v) is 24.1. The molecule has 0 atom stereocenters. The number of nitro benzene ring substituents is 2. The van der Waals surface area contributed by atoms with Crippen LogP contribution in [0.25, 0.3) is 29.9 Å². The van der Waals surface area contributed by atoms with E-state index in [2.05, 4.69) is 15.9 Å². The number of fused-ring (bicyclic) bond motifs is 4. The van der Waals surface area contributed by atoms with E-state index in [0.717, 1.165) is 73.7 Å². The molecule has 0 N–H and O–H groups in total. The first-order valence-electron chi connectivity index (χ1n) is 19.9. The van der Waals surface area contributed by atoms with Gasteiger partial charge in [0.05, 0.1) is 50.2 Å². The van der Waals surface area contributed by atoms with Gasteiger partial charge in [-0.2, -0.15) is 0 Å². The summed E-state index contributed by atoms with van der Waals surface area (Å²) in [6.45, 7) is 12.3. The van der Waals surface area contributed by atoms with Gasteiger partial charge < -0.3 is 47.2 Å². The van der Waals surface area contributed by atoms with Crippen LogP contribution in [0.1, 0.15) is 27.7 Å². The van der Waals surface area contributed by atoms with E-state index in [4.69, 9.17) is 47.2 Å². The van der Waals surface area contributed by atoms with Gasteiger partial charge in [0, 0.05) is 39.5 Å². The van der Waals surface area contributed by atoms with Crippen molar-refractivity contribution in [2.45, 2.75) is 38.9 Å². The minimum Gasteiger partial charge on any atom is -0.486 e. The van der Waals surface area contributed by atoms with Crippen LogP contribution in [0.15, 0.2) is 63.8 Å². The molecule has 0 bridgehead atoms. The van der Waals surface area contributed by atoms with E-state index in [1.165, 1.54) is 35.6 Å². The lowest BCUT2D eigenvalue weighted by Crippen LogP contribution is -2.41. The molecule has 5 aliphatic rings. The number of nitrogens with zero attached hydrogens (tertiary/aromatic N) is 2. The van der Waals surface area contributed by atoms with E-state index in [-0.39, 0.29) is 11.4 Å². The molecule has 1 saturated heterocycles. The number of hydrogen-bond acceptors (Lipinski definition) is 18. The highest BCUT2D eigenvalue weighted by atomic mass is 79.9. The molecule has 2 aromatic carbocycles. The zero-order valence-corrected chi connectivity index (χ0v) is 39.5. The van der Waals surface area contributed by atoms with Gasteiger partial charge in [-0.25, -0.2) is 0 Å². The van der Waals surface area contributed by atoms with E-state index in [0.29, 0.717) is 64.4 Å². The van der Waals surface area contributed by atoms with Crippen LogP contribution in [0, 0.1) is 20.2 Å². The third kappa shape index (κ3) is 8.59. The fraction of sp³-hybridized carbons (Fsp3) is 0.333. The molecule has 22 heteroatoms. The lowest BCUT2D eigenvalue weighted by molar-refractivity contribution is -0.385. The average Bonchev–Trinajstić information content (AvgIpc) is 4.12. The second-order valence-electron chi connectivity index (χ2n) is 15.3. The van der Waals surface area contributed by atoms with Crippen LogP contribution in [-0.4, -0.2) is 81.0 Å². The minimum atomic E-state index is -0.489. The van der Waals surface area contributed by atoms with Crippen LogP contribution in [-0.2, 0) is 9.31 Å². The van der Waals surface area contributed by atoms with Gasteiger partial charge in [0.2, 0.25) is 0 Å². The van der Waals surface area contributed by atoms with Gasteiger partial charge in [0.15, 0.2) is 46.0 Å². The first kappa shape index (κ1) is 44.1. The molecular weight excluding hydrogens is 975 g/mol. The van der Waals surface area contributed by atoms with Crippen molar-refractivity contribution < 1.29 is 57.1 Å². The highest BCUT2D eigenvalue weighted by Gasteiger charge is 2.54. The summed E-state index contributed by atoms with van der Waals surface area (Å²) in [4.78, 5) is 24.9. The number of ether oxygens (including phenoxy) is 8. The Labute approximate surface area is 391 Å². The fourth-order valence-electron chi connectivity index (χ4n) is 6.85. The van der Waals surface area contributed by atoms with Gasteiger partial charge in [0.1, 0.15) is 52.9 Å². The molecule has 64 heavy (non-hydrogen) atoms. The number of benzene rings is 2. The Morgan fingerprint density at radius 2 is 0.906 bits per heavy atom. The Kier molecular flexibility index (Phi) is 12.4. The maximum atomic E-state index is 10.9. The molecule has 0 spiro atoms.